The second-order valence-corrected chi connectivity index (χ2v) is 5.47. The Kier molecular flexibility index (Phi) is 5.75. The molecule has 1 aromatic rings. The highest BCUT2D eigenvalue weighted by atomic mass is 19.4. The van der Waals surface area contributed by atoms with Crippen LogP contribution in [0.1, 0.15) is 30.5 Å². The topological polar surface area (TPSA) is 87.1 Å². The van der Waals surface area contributed by atoms with Crippen LogP contribution in [0.5, 0.6) is 0 Å². The van der Waals surface area contributed by atoms with Gasteiger partial charge in [-0.15, -0.1) is 0 Å². The largest absolute Gasteiger partial charge is 0.490 e. The Labute approximate surface area is 131 Å². The predicted octanol–water partition coefficient (Wildman–Crippen LogP) is 1.76. The van der Waals surface area contributed by atoms with Crippen molar-refractivity contribution in [1.29, 1.82) is 0 Å². The minimum atomic E-state index is -5.08. The number of rotatable bonds is 2. The first kappa shape index (κ1) is 17.5. The number of halogens is 3. The highest BCUT2D eigenvalue weighted by Crippen LogP contribution is 2.25. The third-order valence-electron chi connectivity index (χ3n) is 3.81. The van der Waals surface area contributed by atoms with Crippen molar-refractivity contribution in [2.24, 2.45) is 0 Å². The minimum Gasteiger partial charge on any atom is -0.475 e. The van der Waals surface area contributed by atoms with Gasteiger partial charge < -0.3 is 15.7 Å². The average molecular weight is 332 g/mol. The Morgan fingerprint density at radius 3 is 2.48 bits per heavy atom. The summed E-state index contributed by atoms with van der Waals surface area (Å²) >= 11 is 0. The zero-order valence-electron chi connectivity index (χ0n) is 12.5. The van der Waals surface area contributed by atoms with E-state index in [4.69, 9.17) is 9.90 Å². The summed E-state index contributed by atoms with van der Waals surface area (Å²) in [4.78, 5) is 17.7. The van der Waals surface area contributed by atoms with E-state index in [2.05, 4.69) is 20.6 Å². The summed E-state index contributed by atoms with van der Waals surface area (Å²) in [7, 11) is 0. The monoisotopic (exact) mass is 332 g/mol. The third-order valence-corrected chi connectivity index (χ3v) is 3.81. The van der Waals surface area contributed by atoms with Crippen LogP contribution in [-0.4, -0.2) is 46.4 Å². The summed E-state index contributed by atoms with van der Waals surface area (Å²) in [6.07, 6.45) is 2.62. The first-order valence-electron chi connectivity index (χ1n) is 7.48. The van der Waals surface area contributed by atoms with Crippen molar-refractivity contribution in [3.05, 3.63) is 17.6 Å². The van der Waals surface area contributed by atoms with Gasteiger partial charge in [0.15, 0.2) is 0 Å². The van der Waals surface area contributed by atoms with Crippen LogP contribution < -0.4 is 10.6 Å². The van der Waals surface area contributed by atoms with E-state index in [1.54, 1.807) is 6.33 Å². The Hall–Kier alpha value is -1.90. The molecule has 0 aromatic carbocycles. The molecule has 9 heteroatoms. The lowest BCUT2D eigenvalue weighted by molar-refractivity contribution is -0.192. The number of nitrogens with zero attached hydrogens (tertiary/aromatic N) is 2. The normalized spacial score (nSPS) is 17.9. The minimum absolute atomic E-state index is 0.648. The van der Waals surface area contributed by atoms with E-state index in [1.165, 1.54) is 30.5 Å². The lowest BCUT2D eigenvalue weighted by atomic mass is 9.93. The molecule has 0 atom stereocenters. The van der Waals surface area contributed by atoms with Gasteiger partial charge in [-0.1, -0.05) is 0 Å². The van der Waals surface area contributed by atoms with Crippen molar-refractivity contribution in [1.82, 2.24) is 15.3 Å². The predicted molar refractivity (Wildman–Crippen MR) is 77.3 cm³/mol. The quantitative estimate of drug-likeness (QED) is 0.765. The molecule has 3 rings (SSSR count). The molecule has 1 aromatic heterocycles. The number of hydrogen-bond acceptors (Lipinski definition) is 5. The molecule has 1 saturated carbocycles. The van der Waals surface area contributed by atoms with Crippen LogP contribution in [0, 0.1) is 0 Å². The molecular formula is C14H19F3N4O2. The zero-order valence-corrected chi connectivity index (χ0v) is 12.5. The van der Waals surface area contributed by atoms with Gasteiger partial charge in [-0.2, -0.15) is 13.2 Å². The molecule has 1 aliphatic heterocycles. The van der Waals surface area contributed by atoms with Gasteiger partial charge in [0.1, 0.15) is 12.1 Å². The second-order valence-electron chi connectivity index (χ2n) is 5.47. The van der Waals surface area contributed by atoms with Crippen molar-refractivity contribution in [3.8, 4) is 0 Å². The molecule has 1 aliphatic carbocycles. The highest BCUT2D eigenvalue weighted by molar-refractivity contribution is 5.73. The van der Waals surface area contributed by atoms with Gasteiger partial charge in [0.2, 0.25) is 0 Å². The first-order valence-corrected chi connectivity index (χ1v) is 7.48. The summed E-state index contributed by atoms with van der Waals surface area (Å²) in [5.74, 6) is -1.68. The molecule has 23 heavy (non-hydrogen) atoms. The fourth-order valence-corrected chi connectivity index (χ4v) is 2.34. The maximum absolute atomic E-state index is 10.6. The van der Waals surface area contributed by atoms with Crippen LogP contribution in [-0.2, 0) is 17.6 Å². The zero-order chi connectivity index (χ0) is 16.9. The highest BCUT2D eigenvalue weighted by Gasteiger charge is 2.38. The van der Waals surface area contributed by atoms with Gasteiger partial charge in [-0.05, 0) is 32.2 Å². The Balaban J connectivity index is 0.000000236. The molecule has 0 radical (unpaired) electrons. The Morgan fingerprint density at radius 2 is 1.91 bits per heavy atom. The number of hydrogen-bond donors (Lipinski definition) is 3. The smallest absolute Gasteiger partial charge is 0.475 e. The number of carbonyl (C=O) groups is 1. The lowest BCUT2D eigenvalue weighted by Crippen LogP contribution is -2.28. The number of alkyl halides is 3. The van der Waals surface area contributed by atoms with Gasteiger partial charge in [0.25, 0.3) is 0 Å². The van der Waals surface area contributed by atoms with Crippen LogP contribution in [0.4, 0.5) is 19.0 Å². The van der Waals surface area contributed by atoms with Gasteiger partial charge in [0.05, 0.1) is 5.69 Å². The summed E-state index contributed by atoms with van der Waals surface area (Å²) in [5, 5.41) is 14.1. The van der Waals surface area contributed by atoms with E-state index < -0.39 is 12.1 Å². The molecule has 3 N–H and O–H groups in total. The first-order chi connectivity index (χ1) is 10.9. The SMILES string of the molecule is O=C(O)C(F)(F)F.c1nc2c(c(NC3CCC3)n1)CCNCC2. The molecule has 0 unspecified atom stereocenters. The van der Waals surface area contributed by atoms with Gasteiger partial charge in [0, 0.05) is 24.6 Å². The number of aromatic nitrogens is 2. The fourth-order valence-electron chi connectivity index (χ4n) is 2.34. The average Bonchev–Trinajstić information content (AvgIpc) is 2.68. The Morgan fingerprint density at radius 1 is 1.26 bits per heavy atom. The van der Waals surface area contributed by atoms with Crippen LogP contribution in [0.3, 0.4) is 0 Å². The van der Waals surface area contributed by atoms with Crippen molar-refractivity contribution in [2.75, 3.05) is 18.4 Å². The number of fused-ring (bicyclic) bond motifs is 1. The molecule has 1 fully saturated rings. The van der Waals surface area contributed by atoms with E-state index in [0.29, 0.717) is 6.04 Å². The molecule has 2 heterocycles. The molecule has 0 saturated heterocycles. The molecule has 0 spiro atoms. The molecule has 6 nitrogen and oxygen atoms in total. The summed E-state index contributed by atoms with van der Waals surface area (Å²) < 4.78 is 31.7. The number of carboxylic acids is 1. The maximum atomic E-state index is 10.6. The van der Waals surface area contributed by atoms with Crippen molar-refractivity contribution >= 4 is 11.8 Å². The van der Waals surface area contributed by atoms with Gasteiger partial charge >= 0.3 is 12.1 Å². The lowest BCUT2D eigenvalue weighted by Gasteiger charge is -2.28. The van der Waals surface area contributed by atoms with E-state index in [-0.39, 0.29) is 0 Å². The van der Waals surface area contributed by atoms with E-state index in [9.17, 15) is 13.2 Å². The van der Waals surface area contributed by atoms with E-state index in [0.717, 1.165) is 31.7 Å². The fraction of sp³-hybridized carbons (Fsp3) is 0.643. The van der Waals surface area contributed by atoms with Crippen LogP contribution in [0.25, 0.3) is 0 Å². The van der Waals surface area contributed by atoms with E-state index in [1.807, 2.05) is 0 Å². The van der Waals surface area contributed by atoms with Crippen LogP contribution >= 0.6 is 0 Å². The molecule has 0 bridgehead atoms. The number of nitrogens with one attached hydrogen (secondary N) is 2. The molecule has 0 amide bonds. The van der Waals surface area contributed by atoms with Crippen LogP contribution in [0.2, 0.25) is 0 Å². The Bertz CT molecular complexity index is 547. The number of anilines is 1. The summed E-state index contributed by atoms with van der Waals surface area (Å²) in [5.41, 5.74) is 2.56. The maximum Gasteiger partial charge on any atom is 0.490 e. The standard InChI is InChI=1S/C12H18N4.C2HF3O2/c1-2-9(3-1)16-12-10-4-6-13-7-5-11(10)14-8-15-12;3-2(4,5)1(6)7/h8-9,13H,1-7H2,(H,14,15,16);(H,6,7). The van der Waals surface area contributed by atoms with Gasteiger partial charge in [-0.25, -0.2) is 14.8 Å². The third kappa shape index (κ3) is 5.05. The number of carboxylic acid groups (broad SMARTS) is 1. The van der Waals surface area contributed by atoms with Crippen molar-refractivity contribution < 1.29 is 23.1 Å². The van der Waals surface area contributed by atoms with Crippen molar-refractivity contribution in [3.63, 3.8) is 0 Å². The van der Waals surface area contributed by atoms with Crippen LogP contribution in [0.15, 0.2) is 6.33 Å². The van der Waals surface area contributed by atoms with E-state index >= 15 is 0 Å². The summed E-state index contributed by atoms with van der Waals surface area (Å²) in [6.45, 7) is 2.08. The molecule has 2 aliphatic rings. The molecular weight excluding hydrogens is 313 g/mol. The summed E-state index contributed by atoms with van der Waals surface area (Å²) in [6, 6.07) is 0.648. The number of aliphatic carboxylic acids is 1. The van der Waals surface area contributed by atoms with Gasteiger partial charge in [-0.3, -0.25) is 0 Å². The second kappa shape index (κ2) is 7.58. The van der Waals surface area contributed by atoms with Crippen molar-refractivity contribution in [2.45, 2.75) is 44.3 Å². The molecule has 128 valence electrons.